The molecule has 2 unspecified atom stereocenters. The molecule has 2 N–H and O–H groups in total. The van der Waals surface area contributed by atoms with E-state index >= 15 is 0 Å². The van der Waals surface area contributed by atoms with E-state index in [0.717, 1.165) is 6.07 Å². The van der Waals surface area contributed by atoms with Gasteiger partial charge in [0, 0.05) is 11.6 Å². The van der Waals surface area contributed by atoms with Crippen molar-refractivity contribution in [3.05, 3.63) is 29.6 Å². The smallest absolute Gasteiger partial charge is 0.156 e. The van der Waals surface area contributed by atoms with Crippen LogP contribution in [0, 0.1) is 5.82 Å². The minimum Gasteiger partial charge on any atom is -0.486 e. The largest absolute Gasteiger partial charge is 0.486 e. The SMILES string of the molecule is C[C@@H](O)c1ccc(F)cc1OC1CS(=O)(=O)CC1O. The lowest BCUT2D eigenvalue weighted by Crippen LogP contribution is -2.30. The maximum absolute atomic E-state index is 13.2. The van der Waals surface area contributed by atoms with Gasteiger partial charge in [0.25, 0.3) is 0 Å². The van der Waals surface area contributed by atoms with Crippen molar-refractivity contribution in [2.45, 2.75) is 25.2 Å². The molecule has 0 amide bonds. The zero-order valence-corrected chi connectivity index (χ0v) is 11.1. The summed E-state index contributed by atoms with van der Waals surface area (Å²) < 4.78 is 41.3. The van der Waals surface area contributed by atoms with Crippen molar-refractivity contribution in [3.8, 4) is 5.75 Å². The maximum Gasteiger partial charge on any atom is 0.156 e. The van der Waals surface area contributed by atoms with Gasteiger partial charge in [-0.05, 0) is 19.1 Å². The predicted octanol–water partition coefficient (Wildman–Crippen LogP) is 0.416. The average molecular weight is 290 g/mol. The van der Waals surface area contributed by atoms with Gasteiger partial charge in [0.05, 0.1) is 17.6 Å². The third-order valence-corrected chi connectivity index (χ3v) is 4.66. The molecule has 0 bridgehead atoms. The first-order valence-electron chi connectivity index (χ1n) is 5.81. The van der Waals surface area contributed by atoms with Gasteiger partial charge in [-0.15, -0.1) is 0 Å². The molecule has 106 valence electrons. The lowest BCUT2D eigenvalue weighted by atomic mass is 10.1. The molecule has 1 aliphatic heterocycles. The average Bonchev–Trinajstić information content (AvgIpc) is 2.51. The number of ether oxygens (including phenoxy) is 1. The summed E-state index contributed by atoms with van der Waals surface area (Å²) in [6.45, 7) is 1.49. The van der Waals surface area contributed by atoms with Crippen molar-refractivity contribution in [2.24, 2.45) is 0 Å². The van der Waals surface area contributed by atoms with Crippen LogP contribution in [0.2, 0.25) is 0 Å². The normalized spacial score (nSPS) is 27.2. The van der Waals surface area contributed by atoms with Crippen molar-refractivity contribution in [2.75, 3.05) is 11.5 Å². The van der Waals surface area contributed by atoms with E-state index in [-0.39, 0.29) is 17.3 Å². The van der Waals surface area contributed by atoms with Crippen LogP contribution in [0.15, 0.2) is 18.2 Å². The van der Waals surface area contributed by atoms with Crippen LogP contribution in [-0.4, -0.2) is 42.3 Å². The Morgan fingerprint density at radius 1 is 1.42 bits per heavy atom. The highest BCUT2D eigenvalue weighted by Gasteiger charge is 2.38. The zero-order chi connectivity index (χ0) is 14.2. The Labute approximate surface area is 110 Å². The third-order valence-electron chi connectivity index (χ3n) is 2.98. The molecule has 7 heteroatoms. The Hall–Kier alpha value is -1.18. The molecular formula is C12H15FO5S. The summed E-state index contributed by atoms with van der Waals surface area (Å²) in [5.74, 6) is -1.19. The molecule has 19 heavy (non-hydrogen) atoms. The fourth-order valence-corrected chi connectivity index (χ4v) is 3.69. The Morgan fingerprint density at radius 2 is 2.11 bits per heavy atom. The number of aliphatic hydroxyl groups is 2. The van der Waals surface area contributed by atoms with Gasteiger partial charge in [0.15, 0.2) is 9.84 Å². The molecule has 1 aromatic rings. The molecule has 1 saturated heterocycles. The second kappa shape index (κ2) is 5.07. The number of sulfone groups is 1. The topological polar surface area (TPSA) is 83.8 Å². The van der Waals surface area contributed by atoms with E-state index < -0.39 is 34.0 Å². The molecule has 1 aliphatic rings. The van der Waals surface area contributed by atoms with E-state index in [1.54, 1.807) is 0 Å². The van der Waals surface area contributed by atoms with Crippen molar-refractivity contribution in [1.29, 1.82) is 0 Å². The Balaban J connectivity index is 2.26. The number of benzene rings is 1. The molecule has 0 aromatic heterocycles. The first kappa shape index (κ1) is 14.2. The van der Waals surface area contributed by atoms with Gasteiger partial charge >= 0.3 is 0 Å². The van der Waals surface area contributed by atoms with Crippen molar-refractivity contribution in [1.82, 2.24) is 0 Å². The molecule has 0 aliphatic carbocycles. The van der Waals surface area contributed by atoms with E-state index in [2.05, 4.69) is 0 Å². The minimum absolute atomic E-state index is 0.0520. The quantitative estimate of drug-likeness (QED) is 0.842. The Morgan fingerprint density at radius 3 is 2.63 bits per heavy atom. The summed E-state index contributed by atoms with van der Waals surface area (Å²) in [4.78, 5) is 0. The predicted molar refractivity (Wildman–Crippen MR) is 66.1 cm³/mol. The summed E-state index contributed by atoms with van der Waals surface area (Å²) in [5.41, 5.74) is 0.345. The highest BCUT2D eigenvalue weighted by Crippen LogP contribution is 2.29. The molecule has 1 fully saturated rings. The van der Waals surface area contributed by atoms with Gasteiger partial charge in [-0.2, -0.15) is 0 Å². The van der Waals surface area contributed by atoms with Crippen LogP contribution < -0.4 is 4.74 Å². The molecule has 3 atom stereocenters. The Kier molecular flexibility index (Phi) is 3.80. The van der Waals surface area contributed by atoms with Crippen molar-refractivity contribution in [3.63, 3.8) is 0 Å². The number of halogens is 1. The standard InChI is InChI=1S/C12H15FO5S/c1-7(14)9-3-2-8(13)4-11(9)18-12-6-19(16,17)5-10(12)15/h2-4,7,10,12,14-15H,5-6H2,1H3/t7-,10?,12?/m1/s1. The van der Waals surface area contributed by atoms with Crippen molar-refractivity contribution >= 4 is 9.84 Å². The number of rotatable bonds is 3. The number of aliphatic hydroxyl groups excluding tert-OH is 2. The summed E-state index contributed by atoms with van der Waals surface area (Å²) in [6.07, 6.45) is -2.97. The van der Waals surface area contributed by atoms with Crippen LogP contribution in [0.1, 0.15) is 18.6 Å². The van der Waals surface area contributed by atoms with Gasteiger partial charge in [0.2, 0.25) is 0 Å². The molecule has 0 radical (unpaired) electrons. The van der Waals surface area contributed by atoms with Gasteiger partial charge < -0.3 is 14.9 Å². The van der Waals surface area contributed by atoms with E-state index in [0.29, 0.717) is 5.56 Å². The lowest BCUT2D eigenvalue weighted by molar-refractivity contribution is 0.0705. The van der Waals surface area contributed by atoms with Crippen LogP contribution in [0.25, 0.3) is 0 Å². The molecule has 5 nitrogen and oxygen atoms in total. The van der Waals surface area contributed by atoms with E-state index in [1.165, 1.54) is 19.1 Å². The third kappa shape index (κ3) is 3.23. The van der Waals surface area contributed by atoms with Gasteiger partial charge in [0.1, 0.15) is 23.8 Å². The maximum atomic E-state index is 13.2. The fraction of sp³-hybridized carbons (Fsp3) is 0.500. The minimum atomic E-state index is -3.34. The van der Waals surface area contributed by atoms with Crippen LogP contribution >= 0.6 is 0 Å². The molecule has 2 rings (SSSR count). The van der Waals surface area contributed by atoms with Gasteiger partial charge in [-0.3, -0.25) is 0 Å². The number of hydrogen-bond acceptors (Lipinski definition) is 5. The highest BCUT2D eigenvalue weighted by molar-refractivity contribution is 7.91. The van der Waals surface area contributed by atoms with Crippen LogP contribution in [-0.2, 0) is 9.84 Å². The summed E-state index contributed by atoms with van der Waals surface area (Å²) in [7, 11) is -3.34. The van der Waals surface area contributed by atoms with Crippen LogP contribution in [0.5, 0.6) is 5.75 Å². The first-order valence-corrected chi connectivity index (χ1v) is 7.63. The summed E-state index contributed by atoms with van der Waals surface area (Å²) in [6, 6.07) is 3.61. The van der Waals surface area contributed by atoms with Crippen LogP contribution in [0.3, 0.4) is 0 Å². The highest BCUT2D eigenvalue weighted by atomic mass is 32.2. The van der Waals surface area contributed by atoms with E-state index in [1.807, 2.05) is 0 Å². The summed E-state index contributed by atoms with van der Waals surface area (Å²) in [5, 5.41) is 19.2. The number of hydrogen-bond donors (Lipinski definition) is 2. The second-order valence-corrected chi connectivity index (χ2v) is 6.81. The Bertz CT molecular complexity index is 569. The monoisotopic (exact) mass is 290 g/mol. The lowest BCUT2D eigenvalue weighted by Gasteiger charge is -2.19. The molecule has 0 saturated carbocycles. The molecule has 0 spiro atoms. The molecular weight excluding hydrogens is 275 g/mol. The van der Waals surface area contributed by atoms with Crippen molar-refractivity contribution < 1.29 is 27.8 Å². The zero-order valence-electron chi connectivity index (χ0n) is 10.3. The van der Waals surface area contributed by atoms with Gasteiger partial charge in [-0.25, -0.2) is 12.8 Å². The van der Waals surface area contributed by atoms with Crippen LogP contribution in [0.4, 0.5) is 4.39 Å². The summed E-state index contributed by atoms with van der Waals surface area (Å²) >= 11 is 0. The van der Waals surface area contributed by atoms with Gasteiger partial charge in [-0.1, -0.05) is 0 Å². The second-order valence-electron chi connectivity index (χ2n) is 4.66. The van der Waals surface area contributed by atoms with E-state index in [4.69, 9.17) is 4.74 Å². The molecule has 1 heterocycles. The molecule has 1 aromatic carbocycles. The fourth-order valence-electron chi connectivity index (χ4n) is 2.03. The van der Waals surface area contributed by atoms with E-state index in [9.17, 15) is 23.0 Å². The first-order chi connectivity index (χ1) is 8.78.